The quantitative estimate of drug-likeness (QED) is 0.623. The molecular weight excluding hydrogens is 392 g/mol. The summed E-state index contributed by atoms with van der Waals surface area (Å²) in [6, 6.07) is 15.4. The Morgan fingerprint density at radius 1 is 0.968 bits per heavy atom. The Bertz CT molecular complexity index is 1290. The van der Waals surface area contributed by atoms with Gasteiger partial charge in [0.2, 0.25) is 0 Å². The van der Waals surface area contributed by atoms with Crippen LogP contribution < -0.4 is 5.32 Å². The van der Waals surface area contributed by atoms with Crippen LogP contribution in [-0.2, 0) is 30.7 Å². The third-order valence-electron chi connectivity index (χ3n) is 6.91. The molecule has 7 heteroatoms. The van der Waals surface area contributed by atoms with Gasteiger partial charge in [0.1, 0.15) is 11.2 Å². The van der Waals surface area contributed by atoms with Gasteiger partial charge in [-0.25, -0.2) is 9.78 Å². The van der Waals surface area contributed by atoms with E-state index in [1.165, 1.54) is 16.0 Å². The highest BCUT2D eigenvalue weighted by atomic mass is 16.2. The smallest absolute Gasteiger partial charge is 0.324 e. The van der Waals surface area contributed by atoms with Crippen LogP contribution in [0.1, 0.15) is 32.7 Å². The molecule has 0 bridgehead atoms. The second-order valence-electron chi connectivity index (χ2n) is 8.64. The molecule has 154 valence electrons. The third kappa shape index (κ3) is 2.52. The summed E-state index contributed by atoms with van der Waals surface area (Å²) in [5, 5.41) is 3.34. The van der Waals surface area contributed by atoms with E-state index in [1.807, 2.05) is 35.2 Å². The fourth-order valence-electron chi connectivity index (χ4n) is 5.08. The Morgan fingerprint density at radius 2 is 1.65 bits per heavy atom. The number of benzene rings is 2. The largest absolute Gasteiger partial charge is 0.329 e. The summed E-state index contributed by atoms with van der Waals surface area (Å²) < 4.78 is 0. The SMILES string of the molecule is CN1C(=O)NC(=O)C12Cc1cc3ccc(C(=O)N4Cc5ccccc5C4)nc3cc1C2. The molecule has 31 heavy (non-hydrogen) atoms. The van der Waals surface area contributed by atoms with Crippen LogP contribution in [0.15, 0.2) is 48.5 Å². The Morgan fingerprint density at radius 3 is 2.29 bits per heavy atom. The molecule has 0 saturated carbocycles. The van der Waals surface area contributed by atoms with Crippen LogP contribution >= 0.6 is 0 Å². The molecule has 3 aliphatic rings. The van der Waals surface area contributed by atoms with Crippen molar-refractivity contribution in [1.82, 2.24) is 20.1 Å². The van der Waals surface area contributed by atoms with E-state index in [2.05, 4.69) is 22.4 Å². The van der Waals surface area contributed by atoms with Crippen molar-refractivity contribution < 1.29 is 14.4 Å². The zero-order valence-electron chi connectivity index (χ0n) is 17.0. The summed E-state index contributed by atoms with van der Waals surface area (Å²) in [5.41, 5.74) is 4.66. The lowest BCUT2D eigenvalue weighted by molar-refractivity contribution is -0.125. The summed E-state index contributed by atoms with van der Waals surface area (Å²) in [4.78, 5) is 45.6. The molecule has 1 saturated heterocycles. The lowest BCUT2D eigenvalue weighted by atomic mass is 9.95. The van der Waals surface area contributed by atoms with Crippen molar-refractivity contribution in [1.29, 1.82) is 0 Å². The van der Waals surface area contributed by atoms with Crippen molar-refractivity contribution in [3.63, 3.8) is 0 Å². The van der Waals surface area contributed by atoms with E-state index in [-0.39, 0.29) is 17.8 Å². The minimum Gasteiger partial charge on any atom is -0.329 e. The lowest BCUT2D eigenvalue weighted by Gasteiger charge is -2.27. The second kappa shape index (κ2) is 6.14. The Balaban J connectivity index is 1.32. The van der Waals surface area contributed by atoms with Crippen molar-refractivity contribution in [3.05, 3.63) is 76.5 Å². The first-order chi connectivity index (χ1) is 14.9. The number of nitrogens with zero attached hydrogens (tertiary/aromatic N) is 3. The van der Waals surface area contributed by atoms with Gasteiger partial charge in [-0.1, -0.05) is 30.3 Å². The molecule has 1 N–H and O–H groups in total. The molecule has 3 heterocycles. The van der Waals surface area contributed by atoms with Gasteiger partial charge in [-0.2, -0.15) is 0 Å². The van der Waals surface area contributed by atoms with E-state index in [4.69, 9.17) is 0 Å². The van der Waals surface area contributed by atoms with Crippen LogP contribution in [0, 0.1) is 0 Å². The van der Waals surface area contributed by atoms with Gasteiger partial charge in [0.25, 0.3) is 11.8 Å². The van der Waals surface area contributed by atoms with E-state index in [0.29, 0.717) is 31.6 Å². The Hall–Kier alpha value is -3.74. The number of carbonyl (C=O) groups is 3. The highest BCUT2D eigenvalue weighted by molar-refractivity contribution is 6.08. The number of likely N-dealkylation sites (N-methyl/N-ethyl adjacent to an activating group) is 1. The maximum Gasteiger partial charge on any atom is 0.324 e. The molecule has 2 aromatic carbocycles. The number of pyridine rings is 1. The van der Waals surface area contributed by atoms with Gasteiger partial charge in [-0.3, -0.25) is 14.9 Å². The van der Waals surface area contributed by atoms with Crippen LogP contribution in [0.2, 0.25) is 0 Å². The maximum absolute atomic E-state index is 13.1. The molecule has 0 radical (unpaired) electrons. The third-order valence-corrected chi connectivity index (χ3v) is 6.91. The highest BCUT2D eigenvalue weighted by Gasteiger charge is 2.54. The van der Waals surface area contributed by atoms with Crippen LogP contribution in [0.4, 0.5) is 4.79 Å². The number of carbonyl (C=O) groups excluding carboxylic acids is 3. The van der Waals surface area contributed by atoms with Gasteiger partial charge in [0.15, 0.2) is 0 Å². The Labute approximate surface area is 178 Å². The van der Waals surface area contributed by atoms with Crippen molar-refractivity contribution in [2.75, 3.05) is 7.05 Å². The predicted molar refractivity (Wildman–Crippen MR) is 113 cm³/mol. The number of imide groups is 1. The molecule has 6 rings (SSSR count). The number of fused-ring (bicyclic) bond motifs is 3. The maximum atomic E-state index is 13.1. The molecular formula is C24H20N4O3. The molecule has 1 atom stereocenters. The van der Waals surface area contributed by atoms with Gasteiger partial charge < -0.3 is 9.80 Å². The highest BCUT2D eigenvalue weighted by Crippen LogP contribution is 2.38. The molecule has 1 fully saturated rings. The van der Waals surface area contributed by atoms with Crippen LogP contribution in [0.5, 0.6) is 0 Å². The summed E-state index contributed by atoms with van der Waals surface area (Å²) in [5.74, 6) is -0.340. The van der Waals surface area contributed by atoms with Crippen molar-refractivity contribution >= 4 is 28.7 Å². The van der Waals surface area contributed by atoms with Crippen molar-refractivity contribution in [2.45, 2.75) is 31.5 Å². The molecule has 7 nitrogen and oxygen atoms in total. The molecule has 3 aromatic rings. The summed E-state index contributed by atoms with van der Waals surface area (Å²) in [7, 11) is 1.66. The predicted octanol–water partition coefficient (Wildman–Crippen LogP) is 2.41. The average molecular weight is 412 g/mol. The van der Waals surface area contributed by atoms with E-state index in [1.54, 1.807) is 13.1 Å². The van der Waals surface area contributed by atoms with Gasteiger partial charge >= 0.3 is 6.03 Å². The molecule has 2 aliphatic heterocycles. The average Bonchev–Trinajstić information content (AvgIpc) is 3.42. The number of hydrogen-bond donors (Lipinski definition) is 1. The number of amides is 4. The molecule has 1 aliphatic carbocycles. The summed E-state index contributed by atoms with van der Waals surface area (Å²) in [6.45, 7) is 1.19. The van der Waals surface area contributed by atoms with Crippen LogP contribution in [-0.4, -0.2) is 45.2 Å². The van der Waals surface area contributed by atoms with Crippen molar-refractivity contribution in [2.24, 2.45) is 0 Å². The first-order valence-electron chi connectivity index (χ1n) is 10.3. The standard InChI is InChI=1S/C24H20N4O3/c1-27-23(31)26-22(30)24(27)10-17-8-14-6-7-19(25-20(14)9-18(17)11-24)21(29)28-12-15-4-2-3-5-16(15)13-28/h2-9H,10-13H2,1H3,(H,26,30,31). The first-order valence-corrected chi connectivity index (χ1v) is 10.3. The van der Waals surface area contributed by atoms with Gasteiger partial charge in [-0.15, -0.1) is 0 Å². The number of hydrogen-bond acceptors (Lipinski definition) is 4. The minimum atomic E-state index is -0.864. The first kappa shape index (κ1) is 18.1. The summed E-state index contributed by atoms with van der Waals surface area (Å²) in [6.07, 6.45) is 0.937. The zero-order valence-corrected chi connectivity index (χ0v) is 17.0. The lowest BCUT2D eigenvalue weighted by Crippen LogP contribution is -2.48. The fraction of sp³-hybridized carbons (Fsp3) is 0.250. The fourth-order valence-corrected chi connectivity index (χ4v) is 5.08. The van der Waals surface area contributed by atoms with Gasteiger partial charge in [0, 0.05) is 38.4 Å². The molecule has 4 amide bonds. The number of aromatic nitrogens is 1. The van der Waals surface area contributed by atoms with Gasteiger partial charge in [-0.05, 0) is 40.5 Å². The van der Waals surface area contributed by atoms with E-state index in [0.717, 1.165) is 22.0 Å². The minimum absolute atomic E-state index is 0.0874. The number of nitrogens with one attached hydrogen (secondary N) is 1. The molecule has 1 unspecified atom stereocenters. The Kier molecular flexibility index (Phi) is 3.57. The topological polar surface area (TPSA) is 82.6 Å². The number of urea groups is 1. The second-order valence-corrected chi connectivity index (χ2v) is 8.64. The van der Waals surface area contributed by atoms with Crippen LogP contribution in [0.25, 0.3) is 10.9 Å². The zero-order chi connectivity index (χ0) is 21.3. The molecule has 1 spiro atoms. The van der Waals surface area contributed by atoms with E-state index >= 15 is 0 Å². The molecule has 1 aromatic heterocycles. The summed E-state index contributed by atoms with van der Waals surface area (Å²) >= 11 is 0. The van der Waals surface area contributed by atoms with Crippen molar-refractivity contribution in [3.8, 4) is 0 Å². The number of rotatable bonds is 1. The normalized spacial score (nSPS) is 21.7. The van der Waals surface area contributed by atoms with Crippen LogP contribution in [0.3, 0.4) is 0 Å². The van der Waals surface area contributed by atoms with E-state index < -0.39 is 5.54 Å². The van der Waals surface area contributed by atoms with Gasteiger partial charge in [0.05, 0.1) is 5.52 Å². The van der Waals surface area contributed by atoms with E-state index in [9.17, 15) is 14.4 Å². The monoisotopic (exact) mass is 412 g/mol.